The summed E-state index contributed by atoms with van der Waals surface area (Å²) in [6, 6.07) is 7.51. The first kappa shape index (κ1) is 15.2. The summed E-state index contributed by atoms with van der Waals surface area (Å²) in [5, 5.41) is 8.89. The molecule has 1 aromatic carbocycles. The van der Waals surface area contributed by atoms with Gasteiger partial charge in [0.15, 0.2) is 0 Å². The first-order valence-corrected chi connectivity index (χ1v) is 6.30. The second-order valence-electron chi connectivity index (χ2n) is 4.44. The van der Waals surface area contributed by atoms with Gasteiger partial charge in [-0.2, -0.15) is 0 Å². The van der Waals surface area contributed by atoms with Crippen LogP contribution in [0.15, 0.2) is 24.3 Å². The maximum Gasteiger partial charge on any atom is 0.308 e. The Morgan fingerprint density at radius 2 is 2.05 bits per heavy atom. The van der Waals surface area contributed by atoms with E-state index in [1.54, 1.807) is 4.90 Å². The molecule has 104 valence electrons. The molecular formula is C14H20N2O3. The van der Waals surface area contributed by atoms with Crippen molar-refractivity contribution >= 4 is 17.6 Å². The second kappa shape index (κ2) is 6.89. The van der Waals surface area contributed by atoms with Crippen LogP contribution in [0.4, 0.5) is 5.69 Å². The molecule has 0 radical (unpaired) electrons. The van der Waals surface area contributed by atoms with Gasteiger partial charge in [0.05, 0.1) is 5.92 Å². The van der Waals surface area contributed by atoms with Crippen molar-refractivity contribution in [1.29, 1.82) is 0 Å². The molecule has 1 saturated heterocycles. The number of carbonyl (C=O) groups is 2. The summed E-state index contributed by atoms with van der Waals surface area (Å²) in [4.78, 5) is 24.1. The average Bonchev–Trinajstić information content (AvgIpc) is 2.73. The second-order valence-corrected chi connectivity index (χ2v) is 4.44. The normalized spacial score (nSPS) is 17.9. The lowest BCUT2D eigenvalue weighted by Crippen LogP contribution is -2.26. The Balaban J connectivity index is 0.000000550. The van der Waals surface area contributed by atoms with Crippen LogP contribution in [0.5, 0.6) is 0 Å². The van der Waals surface area contributed by atoms with E-state index < -0.39 is 11.9 Å². The smallest absolute Gasteiger partial charge is 0.308 e. The fourth-order valence-corrected chi connectivity index (χ4v) is 1.97. The van der Waals surface area contributed by atoms with E-state index in [4.69, 9.17) is 10.8 Å². The van der Waals surface area contributed by atoms with Gasteiger partial charge in [0.25, 0.3) is 0 Å². The van der Waals surface area contributed by atoms with Crippen molar-refractivity contribution in [3.05, 3.63) is 29.8 Å². The summed E-state index contributed by atoms with van der Waals surface area (Å²) in [5.41, 5.74) is 6.65. The molecule has 1 aliphatic rings. The molecule has 1 amide bonds. The van der Waals surface area contributed by atoms with Crippen molar-refractivity contribution in [1.82, 2.24) is 0 Å². The van der Waals surface area contributed by atoms with Gasteiger partial charge in [-0.15, -0.1) is 0 Å². The minimum Gasteiger partial charge on any atom is -0.481 e. The van der Waals surface area contributed by atoms with Gasteiger partial charge < -0.3 is 15.7 Å². The third-order valence-electron chi connectivity index (χ3n) is 2.88. The number of amides is 1. The summed E-state index contributed by atoms with van der Waals surface area (Å²) >= 11 is 0. The number of carbonyl (C=O) groups excluding carboxylic acids is 1. The van der Waals surface area contributed by atoms with Gasteiger partial charge in [0.1, 0.15) is 0 Å². The number of aryl methyl sites for hydroxylation is 1. The number of nitrogens with two attached hydrogens (primary N) is 1. The highest BCUT2D eigenvalue weighted by atomic mass is 16.4. The molecule has 1 atom stereocenters. The van der Waals surface area contributed by atoms with Gasteiger partial charge in [-0.3, -0.25) is 9.59 Å². The Kier molecular flexibility index (Phi) is 5.51. The van der Waals surface area contributed by atoms with Crippen molar-refractivity contribution in [2.75, 3.05) is 18.0 Å². The van der Waals surface area contributed by atoms with Crippen LogP contribution < -0.4 is 10.6 Å². The SMILES string of the molecule is CCN.Cc1ccccc1N1CC(C(=O)O)CC1=O. The fraction of sp³-hybridized carbons (Fsp3) is 0.429. The number of carboxylic acids is 1. The van der Waals surface area contributed by atoms with Crippen molar-refractivity contribution in [2.24, 2.45) is 11.7 Å². The molecule has 1 fully saturated rings. The molecule has 1 unspecified atom stereocenters. The third-order valence-corrected chi connectivity index (χ3v) is 2.88. The monoisotopic (exact) mass is 264 g/mol. The van der Waals surface area contributed by atoms with Crippen molar-refractivity contribution in [3.8, 4) is 0 Å². The molecule has 1 heterocycles. The van der Waals surface area contributed by atoms with E-state index in [0.717, 1.165) is 17.8 Å². The first-order chi connectivity index (χ1) is 9.01. The predicted molar refractivity (Wildman–Crippen MR) is 74.0 cm³/mol. The van der Waals surface area contributed by atoms with Crippen LogP contribution in [0.2, 0.25) is 0 Å². The highest BCUT2D eigenvalue weighted by Gasteiger charge is 2.35. The van der Waals surface area contributed by atoms with E-state index in [1.807, 2.05) is 38.1 Å². The lowest BCUT2D eigenvalue weighted by molar-refractivity contribution is -0.141. The molecule has 0 aromatic heterocycles. The van der Waals surface area contributed by atoms with Crippen LogP contribution in [-0.2, 0) is 9.59 Å². The average molecular weight is 264 g/mol. The number of aliphatic carboxylic acids is 1. The molecule has 0 bridgehead atoms. The lowest BCUT2D eigenvalue weighted by Gasteiger charge is -2.18. The molecule has 19 heavy (non-hydrogen) atoms. The van der Waals surface area contributed by atoms with E-state index >= 15 is 0 Å². The Bertz CT molecular complexity index is 460. The van der Waals surface area contributed by atoms with Crippen molar-refractivity contribution in [2.45, 2.75) is 20.3 Å². The standard InChI is InChI=1S/C12H13NO3.C2H7N/c1-8-4-2-3-5-10(8)13-7-9(12(15)16)6-11(13)14;1-2-3/h2-5,9H,6-7H2,1H3,(H,15,16);2-3H2,1H3. The summed E-state index contributed by atoms with van der Waals surface area (Å²) in [5.74, 6) is -1.58. The largest absolute Gasteiger partial charge is 0.481 e. The molecule has 2 rings (SSSR count). The number of carboxylic acid groups (broad SMARTS) is 1. The van der Waals surface area contributed by atoms with E-state index in [1.165, 1.54) is 0 Å². The topological polar surface area (TPSA) is 83.6 Å². The zero-order valence-corrected chi connectivity index (χ0v) is 11.3. The number of nitrogens with zero attached hydrogens (tertiary/aromatic N) is 1. The van der Waals surface area contributed by atoms with Crippen molar-refractivity contribution in [3.63, 3.8) is 0 Å². The Hall–Kier alpha value is -1.88. The van der Waals surface area contributed by atoms with E-state index in [0.29, 0.717) is 0 Å². The van der Waals surface area contributed by atoms with Crippen LogP contribution in [-0.4, -0.2) is 30.1 Å². The fourth-order valence-electron chi connectivity index (χ4n) is 1.97. The van der Waals surface area contributed by atoms with Crippen LogP contribution in [0.3, 0.4) is 0 Å². The maximum atomic E-state index is 11.7. The number of benzene rings is 1. The van der Waals surface area contributed by atoms with Gasteiger partial charge in [0.2, 0.25) is 5.91 Å². The quantitative estimate of drug-likeness (QED) is 0.845. The van der Waals surface area contributed by atoms with Crippen LogP contribution in [0.1, 0.15) is 18.9 Å². The highest BCUT2D eigenvalue weighted by molar-refractivity contribution is 5.99. The molecule has 5 nitrogen and oxygen atoms in total. The number of para-hydroxylation sites is 1. The first-order valence-electron chi connectivity index (χ1n) is 6.30. The number of hydrogen-bond acceptors (Lipinski definition) is 3. The van der Waals surface area contributed by atoms with Gasteiger partial charge >= 0.3 is 5.97 Å². The van der Waals surface area contributed by atoms with E-state index in [9.17, 15) is 9.59 Å². The summed E-state index contributed by atoms with van der Waals surface area (Å²) in [6.45, 7) is 4.84. The Labute approximate surface area is 113 Å². The van der Waals surface area contributed by atoms with Crippen LogP contribution in [0, 0.1) is 12.8 Å². The van der Waals surface area contributed by atoms with Crippen LogP contribution >= 0.6 is 0 Å². The lowest BCUT2D eigenvalue weighted by atomic mass is 10.1. The number of anilines is 1. The van der Waals surface area contributed by atoms with Gasteiger partial charge in [-0.25, -0.2) is 0 Å². The minimum absolute atomic E-state index is 0.101. The molecule has 1 aromatic rings. The highest BCUT2D eigenvalue weighted by Crippen LogP contribution is 2.27. The summed E-state index contributed by atoms with van der Waals surface area (Å²) < 4.78 is 0. The molecule has 0 aliphatic carbocycles. The third kappa shape index (κ3) is 3.79. The zero-order chi connectivity index (χ0) is 14.4. The molecule has 0 saturated carbocycles. The summed E-state index contributed by atoms with van der Waals surface area (Å²) in [7, 11) is 0. The van der Waals surface area contributed by atoms with Crippen LogP contribution in [0.25, 0.3) is 0 Å². The number of hydrogen-bond donors (Lipinski definition) is 2. The molecule has 1 aliphatic heterocycles. The predicted octanol–water partition coefficient (Wildman–Crippen LogP) is 1.40. The van der Waals surface area contributed by atoms with Gasteiger partial charge in [-0.1, -0.05) is 25.1 Å². The Morgan fingerprint density at radius 3 is 2.53 bits per heavy atom. The molecule has 5 heteroatoms. The number of rotatable bonds is 2. The molecule has 0 spiro atoms. The summed E-state index contributed by atoms with van der Waals surface area (Å²) in [6.07, 6.45) is 0.101. The molecule has 3 N–H and O–H groups in total. The van der Waals surface area contributed by atoms with E-state index in [-0.39, 0.29) is 18.9 Å². The molecular weight excluding hydrogens is 244 g/mol. The van der Waals surface area contributed by atoms with Gasteiger partial charge in [-0.05, 0) is 25.1 Å². The van der Waals surface area contributed by atoms with Gasteiger partial charge in [0, 0.05) is 18.7 Å². The Morgan fingerprint density at radius 1 is 1.47 bits per heavy atom. The zero-order valence-electron chi connectivity index (χ0n) is 11.3. The van der Waals surface area contributed by atoms with Crippen molar-refractivity contribution < 1.29 is 14.7 Å². The maximum absolute atomic E-state index is 11.7. The van der Waals surface area contributed by atoms with E-state index in [2.05, 4.69) is 0 Å². The minimum atomic E-state index is -0.899.